The van der Waals surface area contributed by atoms with Crippen LogP contribution < -0.4 is 10.0 Å². The van der Waals surface area contributed by atoms with Gasteiger partial charge in [-0.3, -0.25) is 4.72 Å². The highest BCUT2D eigenvalue weighted by atomic mass is 32.2. The summed E-state index contributed by atoms with van der Waals surface area (Å²) in [5, 5.41) is 13.6. The quantitative estimate of drug-likeness (QED) is 0.101. The summed E-state index contributed by atoms with van der Waals surface area (Å²) in [7, 11) is 0. The monoisotopic (exact) mass is 769 g/mol. The van der Waals surface area contributed by atoms with Gasteiger partial charge in [-0.2, -0.15) is 0 Å². The number of carboxylic acid groups (broad SMARTS) is 1. The smallest absolute Gasteiger partial charge is 0.335 e. The maximum atomic E-state index is 11.5. The van der Waals surface area contributed by atoms with E-state index in [9.17, 15) is 9.90 Å². The van der Waals surface area contributed by atoms with Gasteiger partial charge in [-0.25, -0.2) is 4.79 Å². The number of allylic oxidation sites excluding steroid dienone is 3. The molecule has 5 aliphatic carbocycles. The standard InChI is InChI=1S/C37H56N2O2S.C3H6.C2H6.4C2H2/c1-6-24-42-39-23-22-38-37-18-7-8-30(37)27-13-14-32-35(4,29(27)16-21-37)20-17-31-34(2,3)28(15-19-36(31,32)5)25-9-11-26(12-10-25)33(40)41;1-3-2;5*1-2/h9-12,15,27,29-32,38-39H,6-8,13-14,16-24H2,1-5H3,(H,40,41);3H,1H2,2H3;1-2H3;4*1-2H/t27-,29?,30?,31?,32?,35-,36-,37-;;;;;;/m0....../s1. The maximum Gasteiger partial charge on any atom is 0.335 e. The molecule has 0 aromatic heterocycles. The highest BCUT2D eigenvalue weighted by Crippen LogP contribution is 2.72. The minimum atomic E-state index is -0.847. The van der Waals surface area contributed by atoms with Gasteiger partial charge in [0.1, 0.15) is 0 Å². The topological polar surface area (TPSA) is 61.4 Å². The number of nitrogens with one attached hydrogen (secondary N) is 2. The second-order valence-corrected chi connectivity index (χ2v) is 17.2. The molecule has 0 saturated heterocycles. The molecule has 304 valence electrons. The predicted octanol–water partition coefficient (Wildman–Crippen LogP) is 12.0. The molecule has 3 N–H and O–H groups in total. The Morgan fingerprint density at radius 2 is 1.44 bits per heavy atom. The van der Waals surface area contributed by atoms with E-state index in [0.717, 1.165) is 43.2 Å². The first-order chi connectivity index (χ1) is 26.5. The number of terminal acetylenes is 4. The summed E-state index contributed by atoms with van der Waals surface area (Å²) in [5.74, 6) is 4.44. The van der Waals surface area contributed by atoms with Gasteiger partial charge in [-0.05, 0) is 140 Å². The summed E-state index contributed by atoms with van der Waals surface area (Å²) in [4.78, 5) is 11.5. The number of carbonyl (C=O) groups is 1. The molecule has 6 rings (SSSR count). The predicted molar refractivity (Wildman–Crippen MR) is 243 cm³/mol. The summed E-state index contributed by atoms with van der Waals surface area (Å²) in [6.07, 6.45) is 51.3. The summed E-state index contributed by atoms with van der Waals surface area (Å²) in [5.41, 5.74) is 4.27. The van der Waals surface area contributed by atoms with Crippen LogP contribution in [0.15, 0.2) is 43.0 Å². The molecule has 4 nitrogen and oxygen atoms in total. The lowest BCUT2D eigenvalue weighted by Gasteiger charge is -2.68. The van der Waals surface area contributed by atoms with Crippen LogP contribution in [0, 0.1) is 97.2 Å². The van der Waals surface area contributed by atoms with E-state index in [-0.39, 0.29) is 5.41 Å². The molecule has 4 unspecified atom stereocenters. The normalized spacial score (nSPS) is 31.3. The number of rotatable bonds is 9. The fraction of sp³-hybridized carbons (Fsp3) is 0.620. The van der Waals surface area contributed by atoms with Gasteiger partial charge in [0.15, 0.2) is 0 Å². The number of fused-ring (bicyclic) bond motifs is 7. The average molecular weight is 769 g/mol. The Bertz CT molecular complexity index is 1380. The lowest BCUT2D eigenvalue weighted by molar-refractivity contribution is -0.172. The van der Waals surface area contributed by atoms with Crippen molar-refractivity contribution in [1.82, 2.24) is 10.0 Å². The summed E-state index contributed by atoms with van der Waals surface area (Å²) in [6.45, 7) is 24.0. The Labute approximate surface area is 343 Å². The Morgan fingerprint density at radius 1 is 0.836 bits per heavy atom. The molecule has 1 aromatic rings. The zero-order valence-corrected chi connectivity index (χ0v) is 36.7. The second kappa shape index (κ2) is 25.0. The molecule has 5 aliphatic rings. The molecule has 0 heterocycles. The van der Waals surface area contributed by atoms with E-state index < -0.39 is 5.97 Å². The Hall–Kier alpha value is -3.32. The van der Waals surface area contributed by atoms with Gasteiger partial charge in [-0.1, -0.05) is 91.1 Å². The van der Waals surface area contributed by atoms with E-state index in [1.807, 2.05) is 44.9 Å². The molecular formula is C50H76N2O2S. The van der Waals surface area contributed by atoms with Crippen molar-refractivity contribution in [2.45, 2.75) is 132 Å². The van der Waals surface area contributed by atoms with Gasteiger partial charge in [-0.15, -0.1) is 58.0 Å². The van der Waals surface area contributed by atoms with Crippen molar-refractivity contribution < 1.29 is 9.90 Å². The minimum absolute atomic E-state index is 0.0798. The fourth-order valence-corrected chi connectivity index (χ4v) is 12.6. The molecule has 8 atom stereocenters. The lowest BCUT2D eigenvalue weighted by atomic mass is 9.37. The minimum Gasteiger partial charge on any atom is -0.478 e. The molecule has 55 heavy (non-hydrogen) atoms. The molecule has 0 aliphatic heterocycles. The van der Waals surface area contributed by atoms with Crippen molar-refractivity contribution in [3.8, 4) is 51.4 Å². The summed E-state index contributed by atoms with van der Waals surface area (Å²) >= 11 is 1.89. The van der Waals surface area contributed by atoms with E-state index in [4.69, 9.17) is 0 Å². The van der Waals surface area contributed by atoms with Crippen molar-refractivity contribution >= 4 is 23.5 Å². The Kier molecular flexibility index (Phi) is 23.5. The highest BCUT2D eigenvalue weighted by molar-refractivity contribution is 7.97. The van der Waals surface area contributed by atoms with Crippen molar-refractivity contribution in [3.05, 3.63) is 54.1 Å². The first-order valence-electron chi connectivity index (χ1n) is 20.5. The largest absolute Gasteiger partial charge is 0.478 e. The van der Waals surface area contributed by atoms with Crippen molar-refractivity contribution in [2.75, 3.05) is 18.8 Å². The third kappa shape index (κ3) is 11.2. The van der Waals surface area contributed by atoms with E-state index in [0.29, 0.717) is 27.9 Å². The van der Waals surface area contributed by atoms with Crippen LogP contribution in [0.25, 0.3) is 5.57 Å². The van der Waals surface area contributed by atoms with Crippen LogP contribution in [0.1, 0.15) is 142 Å². The molecule has 4 saturated carbocycles. The van der Waals surface area contributed by atoms with Crippen molar-refractivity contribution in [2.24, 2.45) is 45.8 Å². The van der Waals surface area contributed by atoms with Crippen LogP contribution in [0.2, 0.25) is 0 Å². The highest BCUT2D eigenvalue weighted by Gasteiger charge is 2.65. The Morgan fingerprint density at radius 3 is 2.00 bits per heavy atom. The molecule has 0 amide bonds. The van der Waals surface area contributed by atoms with Gasteiger partial charge in [0.2, 0.25) is 0 Å². The maximum absolute atomic E-state index is 11.5. The van der Waals surface area contributed by atoms with E-state index in [1.165, 1.54) is 81.1 Å². The van der Waals surface area contributed by atoms with Crippen LogP contribution in [0.4, 0.5) is 0 Å². The first kappa shape index (κ1) is 51.7. The molecule has 1 aromatic carbocycles. The molecule has 0 spiro atoms. The molecule has 0 bridgehead atoms. The summed E-state index contributed by atoms with van der Waals surface area (Å²) in [6, 6.07) is 7.65. The first-order valence-corrected chi connectivity index (χ1v) is 21.5. The summed E-state index contributed by atoms with van der Waals surface area (Å²) < 4.78 is 3.59. The van der Waals surface area contributed by atoms with Gasteiger partial charge in [0, 0.05) is 24.4 Å². The number of carboxylic acids is 1. The Balaban J connectivity index is 0.00000202. The van der Waals surface area contributed by atoms with Gasteiger partial charge < -0.3 is 10.4 Å². The van der Waals surface area contributed by atoms with E-state index >= 15 is 0 Å². The second-order valence-electron chi connectivity index (χ2n) is 16.2. The third-order valence-electron chi connectivity index (χ3n) is 13.6. The molecule has 0 radical (unpaired) electrons. The van der Waals surface area contributed by atoms with E-state index in [1.54, 1.807) is 18.2 Å². The number of hydrogen-bond acceptors (Lipinski definition) is 4. The number of hydrogen-bond donors (Lipinski definition) is 3. The molecule has 4 fully saturated rings. The average Bonchev–Trinajstić information content (AvgIpc) is 3.65. The van der Waals surface area contributed by atoms with Crippen LogP contribution in [0.5, 0.6) is 0 Å². The SMILES string of the molecule is C#C.C#C.C#C.C#C.C=CC.CC.CCCSNCCN[C@]12CCCC1[C@H]1CCC3[C@@](C)(CCC4C(C)(C)C(c5ccc(C(=O)O)cc5)=CC[C@@]43C)C1CC2. The van der Waals surface area contributed by atoms with Crippen LogP contribution in [-0.4, -0.2) is 35.5 Å². The number of aromatic carboxylic acids is 1. The van der Waals surface area contributed by atoms with Crippen LogP contribution >= 0.6 is 11.9 Å². The van der Waals surface area contributed by atoms with E-state index in [2.05, 4.69) is 109 Å². The van der Waals surface area contributed by atoms with Gasteiger partial charge in [0.25, 0.3) is 0 Å². The van der Waals surface area contributed by atoms with Crippen LogP contribution in [-0.2, 0) is 0 Å². The zero-order chi connectivity index (χ0) is 42.5. The van der Waals surface area contributed by atoms with Gasteiger partial charge in [0.05, 0.1) is 5.56 Å². The van der Waals surface area contributed by atoms with Crippen molar-refractivity contribution in [3.63, 3.8) is 0 Å². The molecular weight excluding hydrogens is 693 g/mol. The molecule has 5 heteroatoms. The zero-order valence-electron chi connectivity index (χ0n) is 35.8. The van der Waals surface area contributed by atoms with Crippen LogP contribution in [0.3, 0.4) is 0 Å². The van der Waals surface area contributed by atoms with Crippen molar-refractivity contribution in [1.29, 1.82) is 0 Å². The van der Waals surface area contributed by atoms with Gasteiger partial charge >= 0.3 is 5.97 Å². The third-order valence-corrected chi connectivity index (χ3v) is 14.7. The lowest BCUT2D eigenvalue weighted by Crippen LogP contribution is -2.63. The fourth-order valence-electron chi connectivity index (χ4n) is 12.0. The number of benzene rings is 1.